The van der Waals surface area contributed by atoms with Gasteiger partial charge in [0.1, 0.15) is 11.5 Å². The monoisotopic (exact) mass is 271 g/mol. The first-order valence-corrected chi connectivity index (χ1v) is 6.19. The molecular formula is C14H17N5O. The minimum Gasteiger partial charge on any atom is -0.409 e. The lowest BCUT2D eigenvalue weighted by atomic mass is 10.3. The summed E-state index contributed by atoms with van der Waals surface area (Å²) in [6.07, 6.45) is 0. The molecule has 0 aliphatic carbocycles. The second-order valence-electron chi connectivity index (χ2n) is 4.49. The summed E-state index contributed by atoms with van der Waals surface area (Å²) in [4.78, 5) is 10.8. The van der Waals surface area contributed by atoms with Gasteiger partial charge in [0, 0.05) is 12.7 Å². The molecule has 0 aliphatic rings. The lowest BCUT2D eigenvalue weighted by Crippen LogP contribution is -2.21. The molecule has 2 aromatic heterocycles. The summed E-state index contributed by atoms with van der Waals surface area (Å²) in [7, 11) is 1.92. The van der Waals surface area contributed by atoms with E-state index in [1.54, 1.807) is 6.07 Å². The Labute approximate surface area is 117 Å². The predicted octanol–water partition coefficient (Wildman–Crippen LogP) is 1.52. The van der Waals surface area contributed by atoms with Crippen LogP contribution in [0, 0.1) is 6.92 Å². The molecule has 0 unspecified atom stereocenters. The van der Waals surface area contributed by atoms with Gasteiger partial charge in [0.05, 0.1) is 12.2 Å². The minimum absolute atomic E-state index is 0.00562. The van der Waals surface area contributed by atoms with Gasteiger partial charge >= 0.3 is 0 Å². The average Bonchev–Trinajstić information content (AvgIpc) is 2.46. The Morgan fingerprint density at radius 2 is 2.00 bits per heavy atom. The molecule has 0 bridgehead atoms. The number of rotatable bonds is 4. The molecule has 0 saturated heterocycles. The molecule has 0 amide bonds. The van der Waals surface area contributed by atoms with E-state index in [0.717, 1.165) is 17.2 Å². The van der Waals surface area contributed by atoms with Gasteiger partial charge in [0.25, 0.3) is 0 Å². The number of aryl methyl sites for hydroxylation is 1. The molecule has 0 spiro atoms. The van der Waals surface area contributed by atoms with Crippen molar-refractivity contribution < 1.29 is 5.21 Å². The van der Waals surface area contributed by atoms with E-state index in [1.165, 1.54) is 0 Å². The van der Waals surface area contributed by atoms with Crippen molar-refractivity contribution in [1.29, 1.82) is 0 Å². The Kier molecular flexibility index (Phi) is 4.14. The van der Waals surface area contributed by atoms with Crippen molar-refractivity contribution >= 4 is 11.7 Å². The molecule has 0 aliphatic heterocycles. The van der Waals surface area contributed by atoms with Gasteiger partial charge in [-0.15, -0.1) is 0 Å². The molecule has 2 aromatic rings. The number of nitrogens with zero attached hydrogens (tertiary/aromatic N) is 4. The summed E-state index contributed by atoms with van der Waals surface area (Å²) in [5, 5.41) is 11.6. The van der Waals surface area contributed by atoms with Crippen molar-refractivity contribution in [2.75, 3.05) is 11.9 Å². The fraction of sp³-hybridized carbons (Fsp3) is 0.214. The number of pyridine rings is 2. The molecule has 20 heavy (non-hydrogen) atoms. The maximum absolute atomic E-state index is 8.68. The Hall–Kier alpha value is -2.63. The van der Waals surface area contributed by atoms with E-state index in [9.17, 15) is 0 Å². The zero-order valence-corrected chi connectivity index (χ0v) is 11.5. The lowest BCUT2D eigenvalue weighted by molar-refractivity contribution is 0.318. The van der Waals surface area contributed by atoms with Crippen LogP contribution in [0.25, 0.3) is 0 Å². The summed E-state index contributed by atoms with van der Waals surface area (Å²) in [5.41, 5.74) is 7.92. The van der Waals surface area contributed by atoms with Gasteiger partial charge < -0.3 is 15.8 Å². The Balaban J connectivity index is 2.19. The number of hydrogen-bond donors (Lipinski definition) is 2. The highest BCUT2D eigenvalue weighted by molar-refractivity contribution is 5.95. The van der Waals surface area contributed by atoms with Crippen LogP contribution in [0.3, 0.4) is 0 Å². The molecule has 0 saturated carbocycles. The highest BCUT2D eigenvalue weighted by atomic mass is 16.4. The van der Waals surface area contributed by atoms with Crippen LogP contribution in [0.2, 0.25) is 0 Å². The molecule has 6 heteroatoms. The number of amidine groups is 1. The first-order valence-electron chi connectivity index (χ1n) is 6.19. The maximum atomic E-state index is 8.68. The second-order valence-corrected chi connectivity index (χ2v) is 4.49. The zero-order valence-electron chi connectivity index (χ0n) is 11.5. The van der Waals surface area contributed by atoms with Crippen LogP contribution in [-0.2, 0) is 6.54 Å². The highest BCUT2D eigenvalue weighted by Gasteiger charge is 2.07. The number of oxime groups is 1. The van der Waals surface area contributed by atoms with Gasteiger partial charge in [0.15, 0.2) is 5.84 Å². The summed E-state index contributed by atoms with van der Waals surface area (Å²) >= 11 is 0. The molecule has 0 radical (unpaired) electrons. The SMILES string of the molecule is Cc1cccc(CN(C)c2cccc(/C(N)=N/O)n2)n1. The predicted molar refractivity (Wildman–Crippen MR) is 77.8 cm³/mol. The standard InChI is InChI=1S/C14H17N5O/c1-10-5-3-6-11(16-10)9-19(2)13-8-4-7-12(17-13)14(15)18-20/h3-8,20H,9H2,1-2H3,(H2,15,18). The number of nitrogens with two attached hydrogens (primary N) is 1. The molecule has 6 nitrogen and oxygen atoms in total. The fourth-order valence-electron chi connectivity index (χ4n) is 1.84. The Morgan fingerprint density at radius 1 is 1.25 bits per heavy atom. The van der Waals surface area contributed by atoms with Crippen LogP contribution in [0.15, 0.2) is 41.6 Å². The normalized spacial score (nSPS) is 11.4. The number of aromatic nitrogens is 2. The summed E-state index contributed by atoms with van der Waals surface area (Å²) in [6.45, 7) is 2.59. The van der Waals surface area contributed by atoms with Crippen LogP contribution in [0.4, 0.5) is 5.82 Å². The van der Waals surface area contributed by atoms with E-state index in [-0.39, 0.29) is 5.84 Å². The fourth-order valence-corrected chi connectivity index (χ4v) is 1.84. The second kappa shape index (κ2) is 6.01. The third-order valence-electron chi connectivity index (χ3n) is 2.84. The van der Waals surface area contributed by atoms with E-state index in [4.69, 9.17) is 10.9 Å². The topological polar surface area (TPSA) is 87.6 Å². The van der Waals surface area contributed by atoms with E-state index < -0.39 is 0 Å². The van der Waals surface area contributed by atoms with Gasteiger partial charge in [-0.25, -0.2) is 4.98 Å². The first kappa shape index (κ1) is 13.8. The van der Waals surface area contributed by atoms with Crippen molar-refractivity contribution in [2.45, 2.75) is 13.5 Å². The Bertz CT molecular complexity index is 626. The zero-order chi connectivity index (χ0) is 14.5. The molecule has 0 atom stereocenters. The van der Waals surface area contributed by atoms with Gasteiger partial charge in [-0.3, -0.25) is 4.98 Å². The first-order chi connectivity index (χ1) is 9.60. The van der Waals surface area contributed by atoms with Crippen LogP contribution in [0.5, 0.6) is 0 Å². The van der Waals surface area contributed by atoms with Crippen LogP contribution < -0.4 is 10.6 Å². The maximum Gasteiger partial charge on any atom is 0.188 e. The van der Waals surface area contributed by atoms with Crippen molar-refractivity contribution in [3.05, 3.63) is 53.5 Å². The molecule has 3 N–H and O–H groups in total. The van der Waals surface area contributed by atoms with Crippen molar-refractivity contribution in [1.82, 2.24) is 9.97 Å². The smallest absolute Gasteiger partial charge is 0.188 e. The summed E-state index contributed by atoms with van der Waals surface area (Å²) in [6, 6.07) is 11.3. The van der Waals surface area contributed by atoms with Crippen molar-refractivity contribution in [2.24, 2.45) is 10.9 Å². The third kappa shape index (κ3) is 3.23. The van der Waals surface area contributed by atoms with Gasteiger partial charge in [-0.05, 0) is 31.2 Å². The van der Waals surface area contributed by atoms with Crippen molar-refractivity contribution in [3.8, 4) is 0 Å². The van der Waals surface area contributed by atoms with Gasteiger partial charge in [-0.1, -0.05) is 17.3 Å². The van der Waals surface area contributed by atoms with Gasteiger partial charge in [-0.2, -0.15) is 0 Å². The van der Waals surface area contributed by atoms with Crippen LogP contribution >= 0.6 is 0 Å². The van der Waals surface area contributed by atoms with Crippen molar-refractivity contribution in [3.63, 3.8) is 0 Å². The lowest BCUT2D eigenvalue weighted by Gasteiger charge is -2.18. The molecule has 0 aromatic carbocycles. The van der Waals surface area contributed by atoms with Crippen LogP contribution in [-0.4, -0.2) is 28.1 Å². The quantitative estimate of drug-likeness (QED) is 0.381. The minimum atomic E-state index is -0.00562. The molecule has 2 rings (SSSR count). The molecule has 2 heterocycles. The molecule has 0 fully saturated rings. The third-order valence-corrected chi connectivity index (χ3v) is 2.84. The van der Waals surface area contributed by atoms with E-state index in [2.05, 4.69) is 15.1 Å². The van der Waals surface area contributed by atoms with E-state index >= 15 is 0 Å². The largest absolute Gasteiger partial charge is 0.409 e. The van der Waals surface area contributed by atoms with E-state index in [0.29, 0.717) is 12.2 Å². The Morgan fingerprint density at radius 3 is 2.70 bits per heavy atom. The van der Waals surface area contributed by atoms with E-state index in [1.807, 2.05) is 49.2 Å². The highest BCUT2D eigenvalue weighted by Crippen LogP contribution is 2.12. The number of anilines is 1. The molecule has 104 valence electrons. The number of hydrogen-bond acceptors (Lipinski definition) is 5. The summed E-state index contributed by atoms with van der Waals surface area (Å²) < 4.78 is 0. The summed E-state index contributed by atoms with van der Waals surface area (Å²) in [5.74, 6) is 0.728. The van der Waals surface area contributed by atoms with Crippen LogP contribution in [0.1, 0.15) is 17.1 Å². The molecular weight excluding hydrogens is 254 g/mol. The van der Waals surface area contributed by atoms with Gasteiger partial charge in [0.2, 0.25) is 0 Å². The average molecular weight is 271 g/mol.